The quantitative estimate of drug-likeness (QED) is 0.824. The van der Waals surface area contributed by atoms with E-state index in [-0.39, 0.29) is 13.0 Å². The molecule has 0 aromatic heterocycles. The second kappa shape index (κ2) is 7.79. The van der Waals surface area contributed by atoms with E-state index in [0.717, 1.165) is 10.5 Å². The number of carboxylic acids is 1. The number of amides is 2. The van der Waals surface area contributed by atoms with Crippen molar-refractivity contribution in [2.75, 3.05) is 6.54 Å². The minimum absolute atomic E-state index is 0.0879. The summed E-state index contributed by atoms with van der Waals surface area (Å²) in [4.78, 5) is 24.1. The van der Waals surface area contributed by atoms with E-state index in [4.69, 9.17) is 10.4 Å². The van der Waals surface area contributed by atoms with Crippen molar-refractivity contribution in [1.29, 1.82) is 5.26 Å². The van der Waals surface area contributed by atoms with E-state index < -0.39 is 18.0 Å². The van der Waals surface area contributed by atoms with Crippen LogP contribution in [-0.2, 0) is 11.3 Å². The number of carbonyl (C=O) groups is 2. The number of hydrogen-bond acceptors (Lipinski definition) is 3. The Morgan fingerprint density at radius 1 is 1.40 bits per heavy atom. The fourth-order valence-electron chi connectivity index (χ4n) is 1.65. The van der Waals surface area contributed by atoms with Crippen molar-refractivity contribution in [2.24, 2.45) is 0 Å². The molecule has 0 heterocycles. The number of aliphatic carboxylic acids is 1. The molecule has 20 heavy (non-hydrogen) atoms. The van der Waals surface area contributed by atoms with E-state index in [1.54, 1.807) is 0 Å². The van der Waals surface area contributed by atoms with Gasteiger partial charge in [-0.25, -0.2) is 9.59 Å². The summed E-state index contributed by atoms with van der Waals surface area (Å²) in [5.41, 5.74) is 0.920. The summed E-state index contributed by atoms with van der Waals surface area (Å²) in [6.45, 7) is 1.82. The predicted molar refractivity (Wildman–Crippen MR) is 72.7 cm³/mol. The van der Waals surface area contributed by atoms with Gasteiger partial charge in [0.15, 0.2) is 0 Å². The lowest BCUT2D eigenvalue weighted by Gasteiger charge is -2.25. The smallest absolute Gasteiger partial charge is 0.326 e. The van der Waals surface area contributed by atoms with Gasteiger partial charge in [0.1, 0.15) is 6.04 Å². The highest BCUT2D eigenvalue weighted by Gasteiger charge is 2.24. The molecular formula is C14H17N3O3. The monoisotopic (exact) mass is 275 g/mol. The van der Waals surface area contributed by atoms with Gasteiger partial charge in [-0.3, -0.25) is 0 Å². The molecule has 0 saturated carbocycles. The molecule has 0 aliphatic carbocycles. The van der Waals surface area contributed by atoms with Gasteiger partial charge in [0.05, 0.1) is 12.5 Å². The van der Waals surface area contributed by atoms with E-state index in [1.807, 2.05) is 36.4 Å². The average Bonchev–Trinajstić information content (AvgIpc) is 2.46. The molecule has 2 N–H and O–H groups in total. The summed E-state index contributed by atoms with van der Waals surface area (Å²) in [5, 5.41) is 20.2. The normalized spacial score (nSPS) is 11.2. The number of urea groups is 1. The SMILES string of the molecule is CC(C(=O)O)N(CCC#N)C(=O)NCc1ccccc1. The molecule has 0 spiro atoms. The second-order valence-electron chi connectivity index (χ2n) is 4.26. The zero-order chi connectivity index (χ0) is 15.0. The fourth-order valence-corrected chi connectivity index (χ4v) is 1.65. The second-order valence-corrected chi connectivity index (χ2v) is 4.26. The number of hydrogen-bond donors (Lipinski definition) is 2. The standard InChI is InChI=1S/C14H17N3O3/c1-11(13(18)19)17(9-5-8-15)14(20)16-10-12-6-3-2-4-7-12/h2-4,6-7,11H,5,9-10H2,1H3,(H,16,20)(H,18,19). The van der Waals surface area contributed by atoms with Gasteiger partial charge < -0.3 is 15.3 Å². The Morgan fingerprint density at radius 3 is 2.60 bits per heavy atom. The summed E-state index contributed by atoms with van der Waals surface area (Å²) in [6.07, 6.45) is 0.0936. The highest BCUT2D eigenvalue weighted by Crippen LogP contribution is 2.03. The Labute approximate surface area is 117 Å². The number of carboxylic acid groups (broad SMARTS) is 1. The van der Waals surface area contributed by atoms with Gasteiger partial charge in [0.25, 0.3) is 0 Å². The van der Waals surface area contributed by atoms with Crippen molar-refractivity contribution in [1.82, 2.24) is 10.2 Å². The molecule has 1 aromatic carbocycles. The van der Waals surface area contributed by atoms with Crippen LogP contribution in [0.3, 0.4) is 0 Å². The molecule has 0 saturated heterocycles. The van der Waals surface area contributed by atoms with Gasteiger partial charge in [0.2, 0.25) is 0 Å². The maximum atomic E-state index is 12.0. The molecule has 0 aliphatic rings. The lowest BCUT2D eigenvalue weighted by Crippen LogP contribution is -2.48. The number of nitriles is 1. The van der Waals surface area contributed by atoms with Gasteiger partial charge in [0, 0.05) is 13.1 Å². The third kappa shape index (κ3) is 4.61. The topological polar surface area (TPSA) is 93.4 Å². The van der Waals surface area contributed by atoms with E-state index in [1.165, 1.54) is 6.92 Å². The first-order chi connectivity index (χ1) is 9.56. The third-order valence-corrected chi connectivity index (χ3v) is 2.84. The molecule has 1 rings (SSSR count). The highest BCUT2D eigenvalue weighted by molar-refractivity contribution is 5.82. The Balaban J connectivity index is 2.63. The molecule has 0 bridgehead atoms. The Morgan fingerprint density at radius 2 is 2.05 bits per heavy atom. The predicted octanol–water partition coefficient (Wildman–Crippen LogP) is 1.58. The maximum Gasteiger partial charge on any atom is 0.326 e. The van der Waals surface area contributed by atoms with Crippen LogP contribution >= 0.6 is 0 Å². The van der Waals surface area contributed by atoms with Crippen molar-refractivity contribution >= 4 is 12.0 Å². The summed E-state index contributed by atoms with van der Waals surface area (Å²) in [7, 11) is 0. The van der Waals surface area contributed by atoms with Crippen LogP contribution in [0.25, 0.3) is 0 Å². The molecule has 6 heteroatoms. The molecule has 1 atom stereocenters. The molecule has 1 aromatic rings. The van der Waals surface area contributed by atoms with Crippen molar-refractivity contribution in [3.8, 4) is 6.07 Å². The molecule has 106 valence electrons. The fraction of sp³-hybridized carbons (Fsp3) is 0.357. The van der Waals surface area contributed by atoms with Crippen LogP contribution in [0.4, 0.5) is 4.79 Å². The van der Waals surface area contributed by atoms with Crippen LogP contribution in [-0.4, -0.2) is 34.6 Å². The molecule has 0 radical (unpaired) electrons. The molecular weight excluding hydrogens is 258 g/mol. The average molecular weight is 275 g/mol. The van der Waals surface area contributed by atoms with E-state index in [9.17, 15) is 9.59 Å². The van der Waals surface area contributed by atoms with Gasteiger partial charge in [-0.15, -0.1) is 0 Å². The molecule has 0 fully saturated rings. The van der Waals surface area contributed by atoms with Crippen molar-refractivity contribution in [3.05, 3.63) is 35.9 Å². The van der Waals surface area contributed by atoms with Crippen LogP contribution in [0.1, 0.15) is 18.9 Å². The molecule has 1 unspecified atom stereocenters. The third-order valence-electron chi connectivity index (χ3n) is 2.84. The van der Waals surface area contributed by atoms with Crippen LogP contribution in [0.2, 0.25) is 0 Å². The van der Waals surface area contributed by atoms with Crippen LogP contribution in [0.15, 0.2) is 30.3 Å². The van der Waals surface area contributed by atoms with E-state index in [2.05, 4.69) is 5.32 Å². The zero-order valence-electron chi connectivity index (χ0n) is 11.2. The molecule has 6 nitrogen and oxygen atoms in total. The summed E-state index contributed by atoms with van der Waals surface area (Å²) in [6, 6.07) is 9.75. The minimum atomic E-state index is -1.10. The maximum absolute atomic E-state index is 12.0. The van der Waals surface area contributed by atoms with E-state index in [0.29, 0.717) is 6.54 Å². The largest absolute Gasteiger partial charge is 0.480 e. The minimum Gasteiger partial charge on any atom is -0.480 e. The number of carbonyl (C=O) groups excluding carboxylic acids is 1. The summed E-state index contributed by atoms with van der Waals surface area (Å²) < 4.78 is 0. The van der Waals surface area contributed by atoms with Gasteiger partial charge >= 0.3 is 12.0 Å². The lowest BCUT2D eigenvalue weighted by molar-refractivity contribution is -0.141. The Bertz CT molecular complexity index is 496. The number of benzene rings is 1. The van der Waals surface area contributed by atoms with Gasteiger partial charge in [-0.05, 0) is 12.5 Å². The molecule has 2 amide bonds. The van der Waals surface area contributed by atoms with Crippen LogP contribution in [0, 0.1) is 11.3 Å². The van der Waals surface area contributed by atoms with Crippen molar-refractivity contribution < 1.29 is 14.7 Å². The number of nitrogens with zero attached hydrogens (tertiary/aromatic N) is 2. The first-order valence-electron chi connectivity index (χ1n) is 6.24. The first-order valence-corrected chi connectivity index (χ1v) is 6.24. The van der Waals surface area contributed by atoms with E-state index >= 15 is 0 Å². The Kier molecular flexibility index (Phi) is 6.04. The number of nitrogens with one attached hydrogen (secondary N) is 1. The summed E-state index contributed by atoms with van der Waals surface area (Å²) >= 11 is 0. The number of rotatable bonds is 6. The van der Waals surface area contributed by atoms with Gasteiger partial charge in [-0.2, -0.15) is 5.26 Å². The van der Waals surface area contributed by atoms with Crippen LogP contribution < -0.4 is 5.32 Å². The lowest BCUT2D eigenvalue weighted by atomic mass is 10.2. The highest BCUT2D eigenvalue weighted by atomic mass is 16.4. The molecule has 0 aliphatic heterocycles. The van der Waals surface area contributed by atoms with Crippen molar-refractivity contribution in [3.63, 3.8) is 0 Å². The van der Waals surface area contributed by atoms with Crippen molar-refractivity contribution in [2.45, 2.75) is 25.9 Å². The van der Waals surface area contributed by atoms with Crippen LogP contribution in [0.5, 0.6) is 0 Å². The van der Waals surface area contributed by atoms with Gasteiger partial charge in [-0.1, -0.05) is 30.3 Å². The summed E-state index contributed by atoms with van der Waals surface area (Å²) in [5.74, 6) is -1.10. The zero-order valence-corrected chi connectivity index (χ0v) is 11.2. The Hall–Kier alpha value is -2.55. The first kappa shape index (κ1) is 15.5.